The van der Waals surface area contributed by atoms with Crippen LogP contribution in [0, 0.1) is 0 Å². The summed E-state index contributed by atoms with van der Waals surface area (Å²) in [5, 5.41) is 10.8. The summed E-state index contributed by atoms with van der Waals surface area (Å²) in [6.07, 6.45) is 0. The van der Waals surface area contributed by atoms with Gasteiger partial charge in [0.2, 0.25) is 0 Å². The lowest BCUT2D eigenvalue weighted by molar-refractivity contribution is 0.116. The second kappa shape index (κ2) is 9.03. The molecule has 0 radical (unpaired) electrons. The molecule has 136 valence electrons. The highest BCUT2D eigenvalue weighted by Crippen LogP contribution is 2.14. The van der Waals surface area contributed by atoms with Crippen LogP contribution in [0.4, 0.5) is 0 Å². The van der Waals surface area contributed by atoms with Crippen molar-refractivity contribution in [1.82, 2.24) is 25.6 Å². The third kappa shape index (κ3) is 5.49. The zero-order valence-corrected chi connectivity index (χ0v) is 15.7. The van der Waals surface area contributed by atoms with Crippen LogP contribution in [0.2, 0.25) is 0 Å². The zero-order valence-electron chi connectivity index (χ0n) is 15.7. The summed E-state index contributed by atoms with van der Waals surface area (Å²) < 4.78 is 5.35. The predicted molar refractivity (Wildman–Crippen MR) is 97.3 cm³/mol. The van der Waals surface area contributed by atoms with E-state index in [4.69, 9.17) is 4.52 Å². The number of aliphatic imine (C=N–C) groups is 1. The van der Waals surface area contributed by atoms with Crippen molar-refractivity contribution in [3.8, 4) is 0 Å². The highest BCUT2D eigenvalue weighted by atomic mass is 16.5. The summed E-state index contributed by atoms with van der Waals surface area (Å²) in [6, 6.07) is 2.48. The lowest BCUT2D eigenvalue weighted by atomic mass is 10.1. The number of nitrogens with zero attached hydrogens (tertiary/aromatic N) is 4. The minimum Gasteiger partial charge on any atom is -0.359 e. The molecule has 7 heteroatoms. The van der Waals surface area contributed by atoms with Gasteiger partial charge in [0.1, 0.15) is 6.54 Å². The first kappa shape index (κ1) is 18.7. The molecular weight excluding hydrogens is 304 g/mol. The monoisotopic (exact) mass is 336 g/mol. The maximum absolute atomic E-state index is 5.35. The minimum atomic E-state index is 0.372. The average molecular weight is 336 g/mol. The number of guanidine groups is 1. The Morgan fingerprint density at radius 1 is 1.38 bits per heavy atom. The Morgan fingerprint density at radius 2 is 2.17 bits per heavy atom. The number of nitrogens with one attached hydrogen (secondary N) is 2. The molecule has 0 aliphatic carbocycles. The maximum Gasteiger partial charge on any atom is 0.191 e. The van der Waals surface area contributed by atoms with Crippen molar-refractivity contribution in [2.75, 3.05) is 46.8 Å². The minimum absolute atomic E-state index is 0.372. The zero-order chi connectivity index (χ0) is 17.5. The smallest absolute Gasteiger partial charge is 0.191 e. The van der Waals surface area contributed by atoms with Crippen molar-refractivity contribution in [2.45, 2.75) is 39.3 Å². The fourth-order valence-electron chi connectivity index (χ4n) is 2.71. The molecule has 1 aromatic rings. The van der Waals surface area contributed by atoms with Gasteiger partial charge in [-0.15, -0.1) is 0 Å². The molecule has 0 saturated carbocycles. The molecule has 0 amide bonds. The predicted octanol–water partition coefficient (Wildman–Crippen LogP) is 1.10. The molecule has 0 bridgehead atoms. The van der Waals surface area contributed by atoms with E-state index in [0.717, 1.165) is 50.1 Å². The van der Waals surface area contributed by atoms with Crippen LogP contribution in [0.25, 0.3) is 0 Å². The highest BCUT2D eigenvalue weighted by molar-refractivity contribution is 5.79. The Labute approximate surface area is 145 Å². The third-order valence-electron chi connectivity index (χ3n) is 4.39. The summed E-state index contributed by atoms with van der Waals surface area (Å²) in [4.78, 5) is 9.39. The number of likely N-dealkylation sites (N-methyl/N-ethyl adjacent to an activating group) is 2. The van der Waals surface area contributed by atoms with Crippen LogP contribution in [0.1, 0.15) is 38.1 Å². The van der Waals surface area contributed by atoms with Crippen LogP contribution in [0.5, 0.6) is 0 Å². The van der Waals surface area contributed by atoms with E-state index in [1.807, 2.05) is 6.07 Å². The fourth-order valence-corrected chi connectivity index (χ4v) is 2.71. The largest absolute Gasteiger partial charge is 0.359 e. The molecule has 1 saturated heterocycles. The van der Waals surface area contributed by atoms with E-state index >= 15 is 0 Å². The van der Waals surface area contributed by atoms with Crippen molar-refractivity contribution >= 4 is 5.96 Å². The van der Waals surface area contributed by atoms with E-state index < -0.39 is 0 Å². The van der Waals surface area contributed by atoms with E-state index in [1.165, 1.54) is 0 Å². The van der Waals surface area contributed by atoms with E-state index in [9.17, 15) is 0 Å². The van der Waals surface area contributed by atoms with Crippen molar-refractivity contribution in [1.29, 1.82) is 0 Å². The van der Waals surface area contributed by atoms with E-state index in [1.54, 1.807) is 0 Å². The molecule has 1 aliphatic heterocycles. The number of hydrogen-bond donors (Lipinski definition) is 2. The van der Waals surface area contributed by atoms with Crippen LogP contribution < -0.4 is 10.6 Å². The summed E-state index contributed by atoms with van der Waals surface area (Å²) >= 11 is 0. The first-order chi connectivity index (χ1) is 11.5. The first-order valence-electron chi connectivity index (χ1n) is 8.86. The molecule has 1 aliphatic rings. The van der Waals surface area contributed by atoms with Gasteiger partial charge in [-0.2, -0.15) is 0 Å². The molecule has 0 spiro atoms. The molecule has 7 nitrogen and oxygen atoms in total. The van der Waals surface area contributed by atoms with Gasteiger partial charge in [0, 0.05) is 44.8 Å². The summed E-state index contributed by atoms with van der Waals surface area (Å²) in [5.41, 5.74) is 0.977. The van der Waals surface area contributed by atoms with Crippen LogP contribution in [0.15, 0.2) is 15.6 Å². The molecule has 1 aromatic heterocycles. The van der Waals surface area contributed by atoms with Crippen molar-refractivity contribution in [3.63, 3.8) is 0 Å². The van der Waals surface area contributed by atoms with Gasteiger partial charge in [-0.1, -0.05) is 19.0 Å². The molecule has 0 aromatic carbocycles. The van der Waals surface area contributed by atoms with Gasteiger partial charge in [-0.05, 0) is 26.9 Å². The van der Waals surface area contributed by atoms with E-state index in [2.05, 4.69) is 65.4 Å². The molecule has 1 atom stereocenters. The molecule has 1 fully saturated rings. The SMILES string of the molecule is CCNC(=NCc1cc(C(C)C)no1)NCC1CN(C)CCN1C. The van der Waals surface area contributed by atoms with Crippen LogP contribution in [-0.4, -0.2) is 73.8 Å². The first-order valence-corrected chi connectivity index (χ1v) is 8.86. The van der Waals surface area contributed by atoms with Crippen molar-refractivity contribution in [2.24, 2.45) is 4.99 Å². The van der Waals surface area contributed by atoms with Crippen molar-refractivity contribution in [3.05, 3.63) is 17.5 Å². The number of piperazine rings is 1. The van der Waals surface area contributed by atoms with Gasteiger partial charge in [0.15, 0.2) is 11.7 Å². The Bertz CT molecular complexity index is 527. The van der Waals surface area contributed by atoms with Crippen LogP contribution >= 0.6 is 0 Å². The van der Waals surface area contributed by atoms with Gasteiger partial charge in [0.05, 0.1) is 5.69 Å². The van der Waals surface area contributed by atoms with Gasteiger partial charge < -0.3 is 20.1 Å². The Balaban J connectivity index is 1.90. The van der Waals surface area contributed by atoms with Crippen molar-refractivity contribution < 1.29 is 4.52 Å². The second-order valence-electron chi connectivity index (χ2n) is 6.85. The summed E-state index contributed by atoms with van der Waals surface area (Å²) in [5.74, 6) is 1.99. The fraction of sp³-hybridized carbons (Fsp3) is 0.765. The molecule has 2 N–H and O–H groups in total. The van der Waals surface area contributed by atoms with Gasteiger partial charge in [0.25, 0.3) is 0 Å². The Kier molecular flexibility index (Phi) is 7.05. The van der Waals surface area contributed by atoms with E-state index in [-0.39, 0.29) is 0 Å². The van der Waals surface area contributed by atoms with Crippen LogP contribution in [0.3, 0.4) is 0 Å². The number of rotatable bonds is 6. The molecule has 1 unspecified atom stereocenters. The quantitative estimate of drug-likeness (QED) is 0.599. The lowest BCUT2D eigenvalue weighted by Gasteiger charge is -2.37. The third-order valence-corrected chi connectivity index (χ3v) is 4.39. The lowest BCUT2D eigenvalue weighted by Crippen LogP contribution is -2.55. The number of hydrogen-bond acceptors (Lipinski definition) is 5. The summed E-state index contributed by atoms with van der Waals surface area (Å²) in [6.45, 7) is 11.8. The van der Waals surface area contributed by atoms with Crippen LogP contribution in [-0.2, 0) is 6.54 Å². The second-order valence-corrected chi connectivity index (χ2v) is 6.85. The standard InChI is InChI=1S/C17H32N6O/c1-6-18-17(19-10-14-12-22(4)7-8-23(14)5)20-11-15-9-16(13(2)3)21-24-15/h9,13-14H,6-8,10-12H2,1-5H3,(H2,18,19,20). The molecular formula is C17H32N6O. The molecule has 2 heterocycles. The van der Waals surface area contributed by atoms with E-state index in [0.29, 0.717) is 18.5 Å². The Morgan fingerprint density at radius 3 is 2.83 bits per heavy atom. The average Bonchev–Trinajstić information content (AvgIpc) is 3.02. The normalized spacial score (nSPS) is 20.6. The highest BCUT2D eigenvalue weighted by Gasteiger charge is 2.22. The van der Waals surface area contributed by atoms with Gasteiger partial charge in [-0.3, -0.25) is 4.90 Å². The maximum atomic E-state index is 5.35. The van der Waals surface area contributed by atoms with Gasteiger partial charge >= 0.3 is 0 Å². The molecule has 24 heavy (non-hydrogen) atoms. The summed E-state index contributed by atoms with van der Waals surface area (Å²) in [7, 11) is 4.36. The number of aromatic nitrogens is 1. The topological polar surface area (TPSA) is 68.9 Å². The van der Waals surface area contributed by atoms with Gasteiger partial charge in [-0.25, -0.2) is 4.99 Å². The molecule has 2 rings (SSSR count). The Hall–Kier alpha value is -1.60.